The molecule has 0 amide bonds. The molecule has 1 fully saturated rings. The van der Waals surface area contributed by atoms with Gasteiger partial charge in [0, 0.05) is 20.9 Å². The molecule has 136 valence electrons. The molecule has 4 rings (SSSR count). The van der Waals surface area contributed by atoms with E-state index in [2.05, 4.69) is 60.5 Å². The first-order valence-electron chi connectivity index (χ1n) is 9.33. The smallest absolute Gasteiger partial charge is 0.122 e. The summed E-state index contributed by atoms with van der Waals surface area (Å²) < 4.78 is 0. The molecule has 2 unspecified atom stereocenters. The molecule has 4 N–H and O–H groups in total. The van der Waals surface area contributed by atoms with Gasteiger partial charge in [0.25, 0.3) is 0 Å². The van der Waals surface area contributed by atoms with Crippen LogP contribution in [0.1, 0.15) is 38.7 Å². The number of para-hydroxylation sites is 1. The van der Waals surface area contributed by atoms with Crippen LogP contribution in [0.4, 0.5) is 11.4 Å². The molecule has 2 atom stereocenters. The molecule has 0 aliphatic carbocycles. The normalized spacial score (nSPS) is 22.6. The molecule has 1 saturated heterocycles. The Bertz CT molecular complexity index is 842. The summed E-state index contributed by atoms with van der Waals surface area (Å²) in [5.41, 5.74) is 9.08. The fraction of sp³-hybridized carbons (Fsp3) is 0.381. The third-order valence-corrected chi connectivity index (χ3v) is 6.84. The Balaban J connectivity index is 1.89. The minimum Gasteiger partial charge on any atom is -0.384 e. The van der Waals surface area contributed by atoms with Crippen molar-refractivity contribution in [2.75, 3.05) is 11.4 Å². The topological polar surface area (TPSA) is 65.1 Å². The number of anilines is 2. The van der Waals surface area contributed by atoms with Crippen LogP contribution in [-0.2, 0) is 0 Å². The van der Waals surface area contributed by atoms with Gasteiger partial charge in [0.05, 0.1) is 17.4 Å². The summed E-state index contributed by atoms with van der Waals surface area (Å²) in [5, 5.41) is 11.6. The fourth-order valence-electron chi connectivity index (χ4n) is 4.41. The number of hydrogen-bond donors (Lipinski definition) is 3. The summed E-state index contributed by atoms with van der Waals surface area (Å²) in [7, 11) is 0. The average molecular weight is 367 g/mol. The molecule has 0 bridgehead atoms. The monoisotopic (exact) mass is 366 g/mol. The van der Waals surface area contributed by atoms with Gasteiger partial charge in [-0.1, -0.05) is 36.9 Å². The number of nitrogens with two attached hydrogens (primary N) is 1. The lowest BCUT2D eigenvalue weighted by atomic mass is 9.86. The number of amidine groups is 1. The average Bonchev–Trinajstić information content (AvgIpc) is 3.08. The SMILES string of the molecule is CCC(N1c2ccccc2Sc2ccc(C(=N)N)cc21)C1(C)CCCN1. The molecular weight excluding hydrogens is 340 g/mol. The minimum atomic E-state index is 0.0768. The van der Waals surface area contributed by atoms with Crippen LogP contribution >= 0.6 is 11.8 Å². The maximum atomic E-state index is 7.86. The maximum absolute atomic E-state index is 7.86. The third-order valence-electron chi connectivity index (χ3n) is 5.71. The van der Waals surface area contributed by atoms with E-state index in [1.54, 1.807) is 11.8 Å². The Morgan fingerprint density at radius 1 is 1.27 bits per heavy atom. The van der Waals surface area contributed by atoms with Crippen molar-refractivity contribution in [2.24, 2.45) is 5.73 Å². The van der Waals surface area contributed by atoms with E-state index >= 15 is 0 Å². The Kier molecular flexibility index (Phi) is 4.45. The Hall–Kier alpha value is -1.98. The molecular formula is C21H26N4S. The summed E-state index contributed by atoms with van der Waals surface area (Å²) >= 11 is 1.80. The highest BCUT2D eigenvalue weighted by molar-refractivity contribution is 7.99. The maximum Gasteiger partial charge on any atom is 0.122 e. The van der Waals surface area contributed by atoms with E-state index in [4.69, 9.17) is 11.1 Å². The van der Waals surface area contributed by atoms with Crippen LogP contribution < -0.4 is 16.0 Å². The van der Waals surface area contributed by atoms with Gasteiger partial charge >= 0.3 is 0 Å². The molecule has 0 radical (unpaired) electrons. The van der Waals surface area contributed by atoms with Crippen LogP contribution in [0.3, 0.4) is 0 Å². The minimum absolute atomic E-state index is 0.0768. The van der Waals surface area contributed by atoms with Crippen molar-refractivity contribution < 1.29 is 0 Å². The van der Waals surface area contributed by atoms with Gasteiger partial charge in [-0.3, -0.25) is 5.41 Å². The second-order valence-electron chi connectivity index (χ2n) is 7.41. The van der Waals surface area contributed by atoms with E-state index in [-0.39, 0.29) is 11.4 Å². The van der Waals surface area contributed by atoms with Gasteiger partial charge < -0.3 is 16.0 Å². The van der Waals surface area contributed by atoms with Gasteiger partial charge in [-0.25, -0.2) is 0 Å². The summed E-state index contributed by atoms with van der Waals surface area (Å²) in [6, 6.07) is 15.1. The van der Waals surface area contributed by atoms with Gasteiger partial charge in [-0.15, -0.1) is 0 Å². The number of hydrogen-bond acceptors (Lipinski definition) is 4. The highest BCUT2D eigenvalue weighted by Crippen LogP contribution is 2.51. The zero-order valence-corrected chi connectivity index (χ0v) is 16.2. The molecule has 2 aliphatic rings. The first-order chi connectivity index (χ1) is 12.5. The Morgan fingerprint density at radius 3 is 2.73 bits per heavy atom. The van der Waals surface area contributed by atoms with Gasteiger partial charge in [-0.2, -0.15) is 0 Å². The molecule has 0 aromatic heterocycles. The van der Waals surface area contributed by atoms with E-state index in [1.165, 1.54) is 34.0 Å². The molecule has 2 aliphatic heterocycles. The Labute approximate surface area is 159 Å². The number of nitrogens with zero attached hydrogens (tertiary/aromatic N) is 1. The Morgan fingerprint density at radius 2 is 2.04 bits per heavy atom. The predicted molar refractivity (Wildman–Crippen MR) is 110 cm³/mol. The lowest BCUT2D eigenvalue weighted by Gasteiger charge is -2.46. The molecule has 2 heterocycles. The van der Waals surface area contributed by atoms with Crippen molar-refractivity contribution in [2.45, 2.75) is 54.5 Å². The lowest BCUT2D eigenvalue weighted by Crippen LogP contribution is -2.55. The number of nitrogen functional groups attached to an aromatic ring is 1. The lowest BCUT2D eigenvalue weighted by molar-refractivity contribution is 0.323. The van der Waals surface area contributed by atoms with Crippen LogP contribution in [0, 0.1) is 5.41 Å². The van der Waals surface area contributed by atoms with E-state index < -0.39 is 0 Å². The van der Waals surface area contributed by atoms with Crippen LogP contribution in [0.25, 0.3) is 0 Å². The van der Waals surface area contributed by atoms with Gasteiger partial charge in [0.15, 0.2) is 0 Å². The first kappa shape index (κ1) is 17.4. The largest absolute Gasteiger partial charge is 0.384 e. The number of nitrogens with one attached hydrogen (secondary N) is 2. The zero-order valence-electron chi connectivity index (χ0n) is 15.4. The second-order valence-corrected chi connectivity index (χ2v) is 8.49. The standard InChI is InChI=1S/C21H26N4S/c1-3-19(21(2)11-6-12-24-21)25-15-7-4-5-8-17(15)26-18-10-9-14(20(22)23)13-16(18)25/h4-5,7-10,13,19,24H,3,6,11-12H2,1-2H3,(H3,22,23). The highest BCUT2D eigenvalue weighted by Gasteiger charge is 2.42. The van der Waals surface area contributed by atoms with Crippen molar-refractivity contribution in [3.05, 3.63) is 48.0 Å². The fourth-order valence-corrected chi connectivity index (χ4v) is 5.46. The summed E-state index contributed by atoms with van der Waals surface area (Å²) in [4.78, 5) is 5.01. The van der Waals surface area contributed by atoms with E-state index in [1.807, 2.05) is 6.07 Å². The molecule has 0 spiro atoms. The van der Waals surface area contributed by atoms with E-state index in [9.17, 15) is 0 Å². The first-order valence-corrected chi connectivity index (χ1v) is 10.1. The molecule has 2 aromatic rings. The van der Waals surface area contributed by atoms with Crippen molar-refractivity contribution in [1.82, 2.24) is 5.32 Å². The quantitative estimate of drug-likeness (QED) is 0.551. The molecule has 2 aromatic carbocycles. The number of rotatable bonds is 4. The highest BCUT2D eigenvalue weighted by atomic mass is 32.2. The van der Waals surface area contributed by atoms with Crippen molar-refractivity contribution >= 4 is 29.0 Å². The van der Waals surface area contributed by atoms with Gasteiger partial charge in [0.1, 0.15) is 5.84 Å². The van der Waals surface area contributed by atoms with E-state index in [0.717, 1.165) is 18.5 Å². The van der Waals surface area contributed by atoms with Gasteiger partial charge in [0.2, 0.25) is 0 Å². The number of fused-ring (bicyclic) bond motifs is 2. The molecule has 0 saturated carbocycles. The predicted octanol–water partition coefficient (Wildman–Crippen LogP) is 4.49. The molecule has 26 heavy (non-hydrogen) atoms. The van der Waals surface area contributed by atoms with Crippen molar-refractivity contribution in [3.63, 3.8) is 0 Å². The van der Waals surface area contributed by atoms with Crippen LogP contribution in [0.2, 0.25) is 0 Å². The van der Waals surface area contributed by atoms with E-state index in [0.29, 0.717) is 6.04 Å². The summed E-state index contributed by atoms with van der Waals surface area (Å²) in [6.45, 7) is 5.71. The molecule has 5 heteroatoms. The summed E-state index contributed by atoms with van der Waals surface area (Å²) in [5.74, 6) is 0.120. The zero-order chi connectivity index (χ0) is 18.3. The third kappa shape index (κ3) is 2.79. The van der Waals surface area contributed by atoms with Crippen molar-refractivity contribution in [1.29, 1.82) is 5.41 Å². The van der Waals surface area contributed by atoms with Crippen LogP contribution in [0.5, 0.6) is 0 Å². The summed E-state index contributed by atoms with van der Waals surface area (Å²) in [6.07, 6.45) is 3.45. The van der Waals surface area contributed by atoms with Gasteiger partial charge in [-0.05, 0) is 57.0 Å². The van der Waals surface area contributed by atoms with Crippen LogP contribution in [-0.4, -0.2) is 24.0 Å². The second kappa shape index (κ2) is 6.63. The molecule has 4 nitrogen and oxygen atoms in total. The number of benzene rings is 2. The van der Waals surface area contributed by atoms with Crippen LogP contribution in [0.15, 0.2) is 52.3 Å². The van der Waals surface area contributed by atoms with Crippen molar-refractivity contribution in [3.8, 4) is 0 Å².